The third kappa shape index (κ3) is 3.06. The summed E-state index contributed by atoms with van der Waals surface area (Å²) in [5.41, 5.74) is 8.11. The molecule has 1 N–H and O–H groups in total. The van der Waals surface area contributed by atoms with Crippen molar-refractivity contribution in [1.29, 1.82) is 0 Å². The molecule has 0 atom stereocenters. The van der Waals surface area contributed by atoms with Gasteiger partial charge in [0, 0.05) is 35.5 Å². The van der Waals surface area contributed by atoms with Gasteiger partial charge in [-0.05, 0) is 37.6 Å². The van der Waals surface area contributed by atoms with Crippen molar-refractivity contribution in [3.8, 4) is 5.69 Å². The maximum Gasteiger partial charge on any atom is 0.0795 e. The Morgan fingerprint density at radius 2 is 1.95 bits per heavy atom. The minimum atomic E-state index is 0.818. The maximum atomic E-state index is 4.29. The molecular weight excluding hydrogens is 278 g/mol. The molecule has 21 heavy (non-hydrogen) atoms. The number of rotatable bonds is 5. The minimum absolute atomic E-state index is 0.818. The van der Waals surface area contributed by atoms with Crippen molar-refractivity contribution in [3.63, 3.8) is 0 Å². The van der Waals surface area contributed by atoms with E-state index in [0.717, 1.165) is 18.8 Å². The second kappa shape index (κ2) is 6.24. The number of thiazole rings is 1. The van der Waals surface area contributed by atoms with Crippen molar-refractivity contribution in [3.05, 3.63) is 69.9 Å². The zero-order valence-corrected chi connectivity index (χ0v) is 13.2. The molecule has 0 unspecified atom stereocenters. The van der Waals surface area contributed by atoms with E-state index in [1.165, 1.54) is 22.6 Å². The maximum absolute atomic E-state index is 4.29. The van der Waals surface area contributed by atoms with Crippen molar-refractivity contribution in [2.45, 2.75) is 26.9 Å². The molecule has 3 rings (SSSR count). The van der Waals surface area contributed by atoms with Gasteiger partial charge in [-0.1, -0.05) is 18.2 Å². The van der Waals surface area contributed by atoms with Crippen LogP contribution < -0.4 is 5.32 Å². The summed E-state index contributed by atoms with van der Waals surface area (Å²) >= 11 is 1.64. The normalized spacial score (nSPS) is 11.0. The van der Waals surface area contributed by atoms with E-state index < -0.39 is 0 Å². The molecule has 0 saturated heterocycles. The molecular formula is C17H19N3S. The number of hydrogen-bond acceptors (Lipinski definition) is 3. The van der Waals surface area contributed by atoms with E-state index in [2.05, 4.69) is 64.4 Å². The lowest BCUT2D eigenvalue weighted by molar-refractivity contribution is 0.679. The highest BCUT2D eigenvalue weighted by Crippen LogP contribution is 2.20. The predicted molar refractivity (Wildman–Crippen MR) is 87.9 cm³/mol. The molecule has 3 aromatic rings. The van der Waals surface area contributed by atoms with Gasteiger partial charge in [-0.2, -0.15) is 0 Å². The minimum Gasteiger partial charge on any atom is -0.318 e. The van der Waals surface area contributed by atoms with Crippen LogP contribution in [0.15, 0.2) is 47.3 Å². The molecule has 108 valence electrons. The topological polar surface area (TPSA) is 29.9 Å². The van der Waals surface area contributed by atoms with E-state index >= 15 is 0 Å². The molecule has 0 saturated carbocycles. The number of aryl methyl sites for hydroxylation is 1. The molecule has 0 fully saturated rings. The van der Waals surface area contributed by atoms with Crippen molar-refractivity contribution < 1.29 is 0 Å². The molecule has 1 aromatic carbocycles. The number of para-hydroxylation sites is 1. The van der Waals surface area contributed by atoms with Gasteiger partial charge in [-0.3, -0.25) is 0 Å². The summed E-state index contributed by atoms with van der Waals surface area (Å²) < 4.78 is 2.31. The molecule has 4 heteroatoms. The van der Waals surface area contributed by atoms with Crippen molar-refractivity contribution in [1.82, 2.24) is 14.9 Å². The Hall–Kier alpha value is -1.91. The lowest BCUT2D eigenvalue weighted by Crippen LogP contribution is -2.13. The van der Waals surface area contributed by atoms with Gasteiger partial charge in [-0.15, -0.1) is 11.3 Å². The number of nitrogens with one attached hydrogen (secondary N) is 1. The van der Waals surface area contributed by atoms with E-state index in [0.29, 0.717) is 0 Å². The summed E-state index contributed by atoms with van der Waals surface area (Å²) in [5, 5.41) is 5.55. The van der Waals surface area contributed by atoms with E-state index in [9.17, 15) is 0 Å². The van der Waals surface area contributed by atoms with Gasteiger partial charge < -0.3 is 9.88 Å². The molecule has 3 nitrogen and oxygen atoms in total. The average Bonchev–Trinajstić information content (AvgIpc) is 3.09. The first-order valence-corrected chi connectivity index (χ1v) is 8.01. The van der Waals surface area contributed by atoms with Gasteiger partial charge in [0.15, 0.2) is 0 Å². The Bertz CT molecular complexity index is 699. The highest BCUT2D eigenvalue weighted by molar-refractivity contribution is 7.07. The molecule has 0 amide bonds. The van der Waals surface area contributed by atoms with Gasteiger partial charge in [0.2, 0.25) is 0 Å². The summed E-state index contributed by atoms with van der Waals surface area (Å²) in [6.07, 6.45) is 0. The molecule has 0 radical (unpaired) electrons. The van der Waals surface area contributed by atoms with Crippen LogP contribution in [0.3, 0.4) is 0 Å². The molecule has 0 bridgehead atoms. The summed E-state index contributed by atoms with van der Waals surface area (Å²) in [4.78, 5) is 4.29. The van der Waals surface area contributed by atoms with Crippen LogP contribution in [0.1, 0.15) is 22.6 Å². The lowest BCUT2D eigenvalue weighted by Gasteiger charge is -2.10. The van der Waals surface area contributed by atoms with Gasteiger partial charge in [0.25, 0.3) is 0 Å². The summed E-state index contributed by atoms with van der Waals surface area (Å²) in [6, 6.07) is 12.8. The second-order valence-electron chi connectivity index (χ2n) is 5.15. The highest BCUT2D eigenvalue weighted by Gasteiger charge is 2.10. The average molecular weight is 297 g/mol. The zero-order valence-electron chi connectivity index (χ0n) is 12.3. The van der Waals surface area contributed by atoms with Gasteiger partial charge in [-0.25, -0.2) is 4.98 Å². The van der Waals surface area contributed by atoms with Crippen LogP contribution in [0.4, 0.5) is 0 Å². The van der Waals surface area contributed by atoms with Crippen LogP contribution in [0, 0.1) is 13.8 Å². The zero-order chi connectivity index (χ0) is 14.7. The molecule has 0 spiro atoms. The quantitative estimate of drug-likeness (QED) is 0.775. The predicted octanol–water partition coefficient (Wildman–Crippen LogP) is 3.84. The number of aromatic nitrogens is 2. The Kier molecular flexibility index (Phi) is 4.18. The Balaban J connectivity index is 1.75. The Labute approximate surface area is 129 Å². The lowest BCUT2D eigenvalue weighted by atomic mass is 10.2. The second-order valence-corrected chi connectivity index (χ2v) is 5.87. The number of nitrogens with zero attached hydrogens (tertiary/aromatic N) is 2. The Morgan fingerprint density at radius 1 is 1.14 bits per heavy atom. The van der Waals surface area contributed by atoms with Crippen LogP contribution >= 0.6 is 11.3 Å². The van der Waals surface area contributed by atoms with E-state index in [4.69, 9.17) is 0 Å². The first kappa shape index (κ1) is 14.0. The van der Waals surface area contributed by atoms with Crippen molar-refractivity contribution in [2.75, 3.05) is 0 Å². The standard InChI is InChI=1S/C17H19N3S/c1-13-8-15(9-18-10-16-11-21-12-19-16)14(2)20(13)17-6-4-3-5-7-17/h3-8,11-12,18H,9-10H2,1-2H3. The largest absolute Gasteiger partial charge is 0.318 e. The summed E-state index contributed by atoms with van der Waals surface area (Å²) in [6.45, 7) is 6.02. The summed E-state index contributed by atoms with van der Waals surface area (Å²) in [5.74, 6) is 0. The molecule has 0 aliphatic heterocycles. The fourth-order valence-corrected chi connectivity index (χ4v) is 3.19. The fraction of sp³-hybridized carbons (Fsp3) is 0.235. The number of benzene rings is 1. The molecule has 0 aliphatic carbocycles. The van der Waals surface area contributed by atoms with Crippen molar-refractivity contribution >= 4 is 11.3 Å². The van der Waals surface area contributed by atoms with Crippen LogP contribution in [0.5, 0.6) is 0 Å². The van der Waals surface area contributed by atoms with Crippen LogP contribution in [0.25, 0.3) is 5.69 Å². The molecule has 2 heterocycles. The SMILES string of the molecule is Cc1cc(CNCc2cscn2)c(C)n1-c1ccccc1. The van der Waals surface area contributed by atoms with Gasteiger partial charge >= 0.3 is 0 Å². The van der Waals surface area contributed by atoms with Crippen LogP contribution in [-0.2, 0) is 13.1 Å². The van der Waals surface area contributed by atoms with E-state index in [-0.39, 0.29) is 0 Å². The fourth-order valence-electron chi connectivity index (χ4n) is 2.63. The van der Waals surface area contributed by atoms with E-state index in [1.54, 1.807) is 11.3 Å². The number of hydrogen-bond donors (Lipinski definition) is 1. The van der Waals surface area contributed by atoms with Gasteiger partial charge in [0.05, 0.1) is 11.2 Å². The van der Waals surface area contributed by atoms with Gasteiger partial charge in [0.1, 0.15) is 0 Å². The third-order valence-corrected chi connectivity index (χ3v) is 4.29. The summed E-state index contributed by atoms with van der Waals surface area (Å²) in [7, 11) is 0. The van der Waals surface area contributed by atoms with E-state index in [1.807, 2.05) is 11.6 Å². The molecule has 2 aromatic heterocycles. The Morgan fingerprint density at radius 3 is 2.67 bits per heavy atom. The third-order valence-electron chi connectivity index (χ3n) is 3.66. The monoisotopic (exact) mass is 297 g/mol. The highest BCUT2D eigenvalue weighted by atomic mass is 32.1. The van der Waals surface area contributed by atoms with Crippen LogP contribution in [-0.4, -0.2) is 9.55 Å². The first-order valence-electron chi connectivity index (χ1n) is 7.06. The first-order chi connectivity index (χ1) is 10.3. The van der Waals surface area contributed by atoms with Crippen LogP contribution in [0.2, 0.25) is 0 Å². The molecule has 0 aliphatic rings. The van der Waals surface area contributed by atoms with Crippen molar-refractivity contribution in [2.24, 2.45) is 0 Å². The smallest absolute Gasteiger partial charge is 0.0795 e.